The van der Waals surface area contributed by atoms with Gasteiger partial charge in [0.15, 0.2) is 23.3 Å². The average Bonchev–Trinajstić information content (AvgIpc) is 2.44. The molecular formula is C12H8F5NO2. The molecule has 0 aliphatic carbocycles. The largest absolute Gasteiger partial charge is 0.338 e. The fourth-order valence-electron chi connectivity index (χ4n) is 1.91. The van der Waals surface area contributed by atoms with E-state index in [1.54, 1.807) is 0 Å². The van der Waals surface area contributed by atoms with E-state index in [0.29, 0.717) is 0 Å². The van der Waals surface area contributed by atoms with Crippen molar-refractivity contribution in [3.8, 4) is 0 Å². The van der Waals surface area contributed by atoms with Crippen LogP contribution in [-0.4, -0.2) is 29.7 Å². The van der Waals surface area contributed by atoms with E-state index in [-0.39, 0.29) is 31.7 Å². The van der Waals surface area contributed by atoms with Gasteiger partial charge in [0.2, 0.25) is 5.82 Å². The maximum atomic E-state index is 13.4. The minimum Gasteiger partial charge on any atom is -0.338 e. The molecule has 0 bridgehead atoms. The number of hydrogen-bond acceptors (Lipinski definition) is 2. The Kier molecular flexibility index (Phi) is 3.74. The van der Waals surface area contributed by atoms with Crippen molar-refractivity contribution in [2.24, 2.45) is 0 Å². The lowest BCUT2D eigenvalue weighted by atomic mass is 10.1. The quantitative estimate of drug-likeness (QED) is 0.452. The van der Waals surface area contributed by atoms with Crippen LogP contribution in [-0.2, 0) is 4.79 Å². The molecule has 1 aliphatic heterocycles. The van der Waals surface area contributed by atoms with Gasteiger partial charge < -0.3 is 4.90 Å². The van der Waals surface area contributed by atoms with Crippen LogP contribution in [0.3, 0.4) is 0 Å². The summed E-state index contributed by atoms with van der Waals surface area (Å²) in [5.74, 6) is -12.4. The van der Waals surface area contributed by atoms with Crippen LogP contribution < -0.4 is 0 Å². The van der Waals surface area contributed by atoms with Crippen LogP contribution in [0.1, 0.15) is 23.2 Å². The highest BCUT2D eigenvalue weighted by Crippen LogP contribution is 2.24. The third-order valence-electron chi connectivity index (χ3n) is 3.03. The van der Waals surface area contributed by atoms with Crippen molar-refractivity contribution in [1.29, 1.82) is 0 Å². The second kappa shape index (κ2) is 5.18. The zero-order valence-corrected chi connectivity index (χ0v) is 9.98. The number of ketones is 1. The smallest absolute Gasteiger partial charge is 0.260 e. The van der Waals surface area contributed by atoms with Crippen molar-refractivity contribution in [3.63, 3.8) is 0 Å². The van der Waals surface area contributed by atoms with Gasteiger partial charge in [0, 0.05) is 25.9 Å². The van der Waals surface area contributed by atoms with E-state index < -0.39 is 40.6 Å². The first-order valence-electron chi connectivity index (χ1n) is 5.67. The summed E-state index contributed by atoms with van der Waals surface area (Å²) in [6.07, 6.45) is -0.0255. The summed E-state index contributed by atoms with van der Waals surface area (Å²) in [6.45, 7) is -0.228. The molecule has 1 aromatic rings. The lowest BCUT2D eigenvalue weighted by Crippen LogP contribution is -2.39. The number of halogens is 5. The van der Waals surface area contributed by atoms with E-state index in [0.717, 1.165) is 4.90 Å². The van der Waals surface area contributed by atoms with Crippen molar-refractivity contribution in [1.82, 2.24) is 4.90 Å². The second-order valence-corrected chi connectivity index (χ2v) is 4.28. The first-order chi connectivity index (χ1) is 9.34. The third-order valence-corrected chi connectivity index (χ3v) is 3.03. The number of amides is 1. The van der Waals surface area contributed by atoms with Gasteiger partial charge in [-0.15, -0.1) is 0 Å². The molecule has 0 aromatic heterocycles. The summed E-state index contributed by atoms with van der Waals surface area (Å²) in [5.41, 5.74) is -1.49. The number of rotatable bonds is 1. The molecule has 1 aliphatic rings. The Balaban J connectivity index is 2.42. The second-order valence-electron chi connectivity index (χ2n) is 4.28. The third kappa shape index (κ3) is 2.25. The molecular weight excluding hydrogens is 285 g/mol. The Labute approximate surface area is 110 Å². The molecule has 0 spiro atoms. The molecule has 2 rings (SSSR count). The molecule has 1 amide bonds. The topological polar surface area (TPSA) is 37.4 Å². The summed E-state index contributed by atoms with van der Waals surface area (Å²) in [5, 5.41) is 0. The Morgan fingerprint density at radius 3 is 1.65 bits per heavy atom. The number of likely N-dealkylation sites (tertiary alicyclic amines) is 1. The van der Waals surface area contributed by atoms with E-state index in [1.165, 1.54) is 0 Å². The van der Waals surface area contributed by atoms with Crippen LogP contribution >= 0.6 is 0 Å². The Hall–Kier alpha value is -1.99. The summed E-state index contributed by atoms with van der Waals surface area (Å²) >= 11 is 0. The van der Waals surface area contributed by atoms with Crippen molar-refractivity contribution < 1.29 is 31.5 Å². The van der Waals surface area contributed by atoms with Crippen molar-refractivity contribution in [3.05, 3.63) is 34.6 Å². The Bertz CT molecular complexity index is 563. The van der Waals surface area contributed by atoms with Crippen molar-refractivity contribution in [2.75, 3.05) is 13.1 Å². The molecule has 3 nitrogen and oxygen atoms in total. The molecule has 8 heteroatoms. The van der Waals surface area contributed by atoms with Gasteiger partial charge in [-0.2, -0.15) is 0 Å². The summed E-state index contributed by atoms with van der Waals surface area (Å²) in [6, 6.07) is 0. The molecule has 0 atom stereocenters. The molecule has 1 fully saturated rings. The minimum absolute atomic E-state index is 0.0128. The molecule has 1 heterocycles. The standard InChI is InChI=1S/C12H8F5NO2/c13-7-6(8(14)10(16)11(17)9(7)15)12(20)18-3-1-5(19)2-4-18/h1-4H2. The van der Waals surface area contributed by atoms with Crippen molar-refractivity contribution >= 4 is 11.7 Å². The molecule has 0 saturated carbocycles. The number of carbonyl (C=O) groups is 2. The number of carbonyl (C=O) groups excluding carboxylic acids is 2. The minimum atomic E-state index is -2.31. The van der Waals surface area contributed by atoms with Crippen LogP contribution in [0.5, 0.6) is 0 Å². The lowest BCUT2D eigenvalue weighted by Gasteiger charge is -2.26. The molecule has 108 valence electrons. The van der Waals surface area contributed by atoms with Gasteiger partial charge in [-0.25, -0.2) is 22.0 Å². The molecule has 0 radical (unpaired) electrons. The number of nitrogens with zero attached hydrogens (tertiary/aromatic N) is 1. The average molecular weight is 293 g/mol. The molecule has 0 unspecified atom stereocenters. The van der Waals surface area contributed by atoms with Crippen LogP contribution in [0, 0.1) is 29.1 Å². The zero-order chi connectivity index (χ0) is 15.0. The highest BCUT2D eigenvalue weighted by atomic mass is 19.2. The van der Waals surface area contributed by atoms with E-state index in [1.807, 2.05) is 0 Å². The van der Waals surface area contributed by atoms with E-state index >= 15 is 0 Å². The summed E-state index contributed by atoms with van der Waals surface area (Å²) < 4.78 is 65.8. The fourth-order valence-corrected chi connectivity index (χ4v) is 1.91. The number of hydrogen-bond donors (Lipinski definition) is 0. The highest BCUT2D eigenvalue weighted by Gasteiger charge is 2.33. The molecule has 1 saturated heterocycles. The number of benzene rings is 1. The first-order valence-corrected chi connectivity index (χ1v) is 5.67. The number of Topliss-reactive ketones (excluding diaryl/α,β-unsaturated/α-hetero) is 1. The predicted octanol–water partition coefficient (Wildman–Crippen LogP) is 2.19. The molecule has 1 aromatic carbocycles. The molecule has 0 N–H and O–H groups in total. The summed E-state index contributed by atoms with van der Waals surface area (Å²) in [7, 11) is 0. The molecule has 20 heavy (non-hydrogen) atoms. The van der Waals surface area contributed by atoms with E-state index in [4.69, 9.17) is 0 Å². The highest BCUT2D eigenvalue weighted by molar-refractivity contribution is 5.96. The van der Waals surface area contributed by atoms with Gasteiger partial charge >= 0.3 is 0 Å². The van der Waals surface area contributed by atoms with E-state index in [2.05, 4.69) is 0 Å². The van der Waals surface area contributed by atoms with Gasteiger partial charge in [0.25, 0.3) is 5.91 Å². The zero-order valence-electron chi connectivity index (χ0n) is 9.98. The predicted molar refractivity (Wildman–Crippen MR) is 56.4 cm³/mol. The van der Waals surface area contributed by atoms with Gasteiger partial charge in [-0.05, 0) is 0 Å². The number of piperidine rings is 1. The van der Waals surface area contributed by atoms with Gasteiger partial charge in [0.1, 0.15) is 11.3 Å². The van der Waals surface area contributed by atoms with Crippen LogP contribution in [0.4, 0.5) is 22.0 Å². The van der Waals surface area contributed by atoms with Crippen LogP contribution in [0.2, 0.25) is 0 Å². The normalized spacial score (nSPS) is 15.7. The van der Waals surface area contributed by atoms with Gasteiger partial charge in [-0.1, -0.05) is 0 Å². The fraction of sp³-hybridized carbons (Fsp3) is 0.333. The Morgan fingerprint density at radius 2 is 1.20 bits per heavy atom. The maximum Gasteiger partial charge on any atom is 0.260 e. The Morgan fingerprint density at radius 1 is 0.800 bits per heavy atom. The first kappa shape index (κ1) is 14.4. The van der Waals surface area contributed by atoms with Crippen LogP contribution in [0.25, 0.3) is 0 Å². The van der Waals surface area contributed by atoms with Crippen LogP contribution in [0.15, 0.2) is 0 Å². The monoisotopic (exact) mass is 293 g/mol. The van der Waals surface area contributed by atoms with Gasteiger partial charge in [0.05, 0.1) is 0 Å². The summed E-state index contributed by atoms with van der Waals surface area (Å²) in [4.78, 5) is 23.7. The van der Waals surface area contributed by atoms with E-state index in [9.17, 15) is 31.5 Å². The lowest BCUT2D eigenvalue weighted by molar-refractivity contribution is -0.120. The van der Waals surface area contributed by atoms with Gasteiger partial charge in [-0.3, -0.25) is 9.59 Å². The SMILES string of the molecule is O=C1CCN(C(=O)c2c(F)c(F)c(F)c(F)c2F)CC1. The van der Waals surface area contributed by atoms with Crippen molar-refractivity contribution in [2.45, 2.75) is 12.8 Å². The maximum absolute atomic E-state index is 13.4.